The van der Waals surface area contributed by atoms with E-state index in [0.29, 0.717) is 12.8 Å². The average molecular weight is 255 g/mol. The van der Waals surface area contributed by atoms with E-state index in [4.69, 9.17) is 9.57 Å². The molecule has 0 bridgehead atoms. The van der Waals surface area contributed by atoms with Gasteiger partial charge in [-0.25, -0.2) is 0 Å². The van der Waals surface area contributed by atoms with Gasteiger partial charge in [0.05, 0.1) is 7.11 Å². The van der Waals surface area contributed by atoms with E-state index in [2.05, 4.69) is 18.5 Å². The molecule has 0 amide bonds. The Morgan fingerprint density at radius 2 is 1.94 bits per heavy atom. The van der Waals surface area contributed by atoms with Crippen LogP contribution in [0.25, 0.3) is 0 Å². The van der Waals surface area contributed by atoms with Gasteiger partial charge in [-0.05, 0) is 45.3 Å². The summed E-state index contributed by atoms with van der Waals surface area (Å²) in [6.07, 6.45) is 7.68. The molecular formula is C14H25NO3. The number of ether oxygens (including phenoxy) is 1. The maximum Gasteiger partial charge on any atom is 0.306 e. The first-order chi connectivity index (χ1) is 8.39. The van der Waals surface area contributed by atoms with Crippen molar-refractivity contribution in [3.8, 4) is 0 Å². The molecule has 0 aliphatic carbocycles. The van der Waals surface area contributed by atoms with E-state index in [1.165, 1.54) is 0 Å². The summed E-state index contributed by atoms with van der Waals surface area (Å²) in [5.74, 6) is -0.169. The van der Waals surface area contributed by atoms with Crippen LogP contribution in [0, 0.1) is 0 Å². The fourth-order valence-corrected chi connectivity index (χ4v) is 1.36. The van der Waals surface area contributed by atoms with Crippen LogP contribution in [-0.2, 0) is 14.4 Å². The normalized spacial score (nSPS) is 12.8. The number of rotatable bonds is 7. The van der Waals surface area contributed by atoms with E-state index in [-0.39, 0.29) is 5.97 Å². The van der Waals surface area contributed by atoms with Crippen LogP contribution in [0.2, 0.25) is 0 Å². The molecule has 104 valence electrons. The summed E-state index contributed by atoms with van der Waals surface area (Å²) < 4.78 is 5.26. The first-order valence-corrected chi connectivity index (χ1v) is 6.25. The molecule has 0 radical (unpaired) electrons. The predicted molar refractivity (Wildman–Crippen MR) is 72.7 cm³/mol. The van der Waals surface area contributed by atoms with Gasteiger partial charge in [-0.15, -0.1) is 0 Å². The van der Waals surface area contributed by atoms with Gasteiger partial charge in [0, 0.05) is 12.6 Å². The second kappa shape index (κ2) is 8.75. The van der Waals surface area contributed by atoms with Crippen molar-refractivity contribution < 1.29 is 14.4 Å². The fourth-order valence-electron chi connectivity index (χ4n) is 1.36. The third kappa shape index (κ3) is 9.90. The molecule has 4 nitrogen and oxygen atoms in total. The molecule has 0 heterocycles. The van der Waals surface area contributed by atoms with Gasteiger partial charge < -0.3 is 4.74 Å². The standard InChI is InChI=1S/C14H25NO3/c1-6-7-12(10-11-15-17-5)8-9-13(16)18-14(2,3)4/h7,10-11,15H,6,8-9H2,1-5H3/b11-10-,12-7-. The zero-order chi connectivity index (χ0) is 14.0. The zero-order valence-electron chi connectivity index (χ0n) is 12.1. The maximum absolute atomic E-state index is 11.6. The summed E-state index contributed by atoms with van der Waals surface area (Å²) in [4.78, 5) is 16.3. The smallest absolute Gasteiger partial charge is 0.306 e. The summed E-state index contributed by atoms with van der Waals surface area (Å²) in [6, 6.07) is 0. The molecule has 0 saturated carbocycles. The zero-order valence-corrected chi connectivity index (χ0v) is 12.1. The highest BCUT2D eigenvalue weighted by atomic mass is 16.6. The lowest BCUT2D eigenvalue weighted by atomic mass is 10.1. The van der Waals surface area contributed by atoms with E-state index in [9.17, 15) is 4.79 Å². The number of esters is 1. The van der Waals surface area contributed by atoms with Crippen LogP contribution >= 0.6 is 0 Å². The Hall–Kier alpha value is -1.29. The van der Waals surface area contributed by atoms with Crippen molar-refractivity contribution in [1.82, 2.24) is 5.48 Å². The minimum Gasteiger partial charge on any atom is -0.460 e. The lowest BCUT2D eigenvalue weighted by Crippen LogP contribution is -2.23. The van der Waals surface area contributed by atoms with E-state index in [1.807, 2.05) is 26.8 Å². The van der Waals surface area contributed by atoms with Crippen molar-refractivity contribution in [2.75, 3.05) is 7.11 Å². The Morgan fingerprint density at radius 3 is 2.44 bits per heavy atom. The quantitative estimate of drug-likeness (QED) is 0.431. The Bertz CT molecular complexity index is 301. The SMILES string of the molecule is CC/C=C(\C=C/NOC)CCC(=O)OC(C)(C)C. The van der Waals surface area contributed by atoms with E-state index < -0.39 is 5.60 Å². The Morgan fingerprint density at radius 1 is 1.28 bits per heavy atom. The Kier molecular flexibility index (Phi) is 8.12. The van der Waals surface area contributed by atoms with Gasteiger partial charge in [-0.1, -0.05) is 13.0 Å². The predicted octanol–water partition coefficient (Wildman–Crippen LogP) is 3.11. The number of carbonyl (C=O) groups is 1. The van der Waals surface area contributed by atoms with Crippen molar-refractivity contribution in [3.05, 3.63) is 23.9 Å². The third-order valence-electron chi connectivity index (χ3n) is 1.99. The summed E-state index contributed by atoms with van der Waals surface area (Å²) >= 11 is 0. The first-order valence-electron chi connectivity index (χ1n) is 6.25. The minimum atomic E-state index is -0.417. The van der Waals surface area contributed by atoms with Crippen LogP contribution in [0.3, 0.4) is 0 Å². The highest BCUT2D eigenvalue weighted by Gasteiger charge is 2.15. The second-order valence-electron chi connectivity index (χ2n) is 4.93. The summed E-state index contributed by atoms with van der Waals surface area (Å²) in [5.41, 5.74) is 3.30. The molecule has 0 aromatic heterocycles. The van der Waals surface area contributed by atoms with Crippen molar-refractivity contribution in [3.63, 3.8) is 0 Å². The minimum absolute atomic E-state index is 0.169. The molecule has 0 saturated heterocycles. The molecule has 0 aromatic carbocycles. The summed E-state index contributed by atoms with van der Waals surface area (Å²) in [6.45, 7) is 7.67. The number of hydroxylamine groups is 1. The number of carbonyl (C=O) groups excluding carboxylic acids is 1. The average Bonchev–Trinajstić information content (AvgIpc) is 2.24. The van der Waals surface area contributed by atoms with E-state index in [0.717, 1.165) is 12.0 Å². The first kappa shape index (κ1) is 16.7. The van der Waals surface area contributed by atoms with Gasteiger partial charge >= 0.3 is 5.97 Å². The molecule has 0 fully saturated rings. The van der Waals surface area contributed by atoms with Crippen molar-refractivity contribution >= 4 is 5.97 Å². The summed E-state index contributed by atoms with van der Waals surface area (Å²) in [5, 5.41) is 0. The van der Waals surface area contributed by atoms with Gasteiger partial charge in [0.2, 0.25) is 0 Å². The second-order valence-corrected chi connectivity index (χ2v) is 4.93. The van der Waals surface area contributed by atoms with Gasteiger partial charge in [0.15, 0.2) is 0 Å². The molecular weight excluding hydrogens is 230 g/mol. The van der Waals surface area contributed by atoms with Gasteiger partial charge in [0.1, 0.15) is 5.60 Å². The number of allylic oxidation sites excluding steroid dienone is 3. The van der Waals surface area contributed by atoms with Crippen LogP contribution in [0.5, 0.6) is 0 Å². The van der Waals surface area contributed by atoms with Crippen molar-refractivity contribution in [2.45, 2.75) is 52.6 Å². The van der Waals surface area contributed by atoms with Crippen molar-refractivity contribution in [1.29, 1.82) is 0 Å². The highest BCUT2D eigenvalue weighted by Crippen LogP contribution is 2.13. The Balaban J connectivity index is 4.20. The van der Waals surface area contributed by atoms with Crippen LogP contribution in [0.1, 0.15) is 47.0 Å². The van der Waals surface area contributed by atoms with E-state index in [1.54, 1.807) is 13.3 Å². The topological polar surface area (TPSA) is 47.6 Å². The Labute approximate surface area is 110 Å². The van der Waals surface area contributed by atoms with E-state index >= 15 is 0 Å². The van der Waals surface area contributed by atoms with Crippen LogP contribution in [0.15, 0.2) is 23.9 Å². The number of hydrogen-bond acceptors (Lipinski definition) is 4. The highest BCUT2D eigenvalue weighted by molar-refractivity contribution is 5.70. The molecule has 4 heteroatoms. The molecule has 0 aliphatic heterocycles. The molecule has 0 unspecified atom stereocenters. The summed E-state index contributed by atoms with van der Waals surface area (Å²) in [7, 11) is 1.55. The van der Waals surface area contributed by atoms with Crippen LogP contribution < -0.4 is 5.48 Å². The van der Waals surface area contributed by atoms with Crippen LogP contribution in [0.4, 0.5) is 0 Å². The van der Waals surface area contributed by atoms with Crippen molar-refractivity contribution in [2.24, 2.45) is 0 Å². The van der Waals surface area contributed by atoms with Gasteiger partial charge in [0.25, 0.3) is 0 Å². The largest absolute Gasteiger partial charge is 0.460 e. The third-order valence-corrected chi connectivity index (χ3v) is 1.99. The molecule has 0 aliphatic rings. The van der Waals surface area contributed by atoms with Crippen LogP contribution in [-0.4, -0.2) is 18.7 Å². The fraction of sp³-hybridized carbons (Fsp3) is 0.643. The lowest BCUT2D eigenvalue weighted by Gasteiger charge is -2.19. The monoisotopic (exact) mass is 255 g/mol. The van der Waals surface area contributed by atoms with Gasteiger partial charge in [-0.3, -0.25) is 15.1 Å². The van der Waals surface area contributed by atoms with Gasteiger partial charge in [-0.2, -0.15) is 0 Å². The molecule has 18 heavy (non-hydrogen) atoms. The number of nitrogens with one attached hydrogen (secondary N) is 1. The number of hydrogen-bond donors (Lipinski definition) is 1. The molecule has 0 atom stereocenters. The maximum atomic E-state index is 11.6. The molecule has 0 spiro atoms. The molecule has 1 N–H and O–H groups in total. The molecule has 0 aromatic rings. The lowest BCUT2D eigenvalue weighted by molar-refractivity contribution is -0.154. The molecule has 0 rings (SSSR count).